The van der Waals surface area contributed by atoms with Gasteiger partial charge in [0.25, 0.3) is 5.91 Å². The van der Waals surface area contributed by atoms with Crippen molar-refractivity contribution in [2.24, 2.45) is 17.8 Å². The minimum Gasteiger partial charge on any atom is -0.504 e. The van der Waals surface area contributed by atoms with Crippen molar-refractivity contribution in [1.82, 2.24) is 5.32 Å². The number of phenols is 1. The molecule has 4 bridgehead atoms. The monoisotopic (exact) mass is 399 g/mol. The van der Waals surface area contributed by atoms with Crippen molar-refractivity contribution < 1.29 is 24.2 Å². The number of ether oxygens (including phenoxy) is 2. The molecule has 5 rings (SSSR count). The minimum atomic E-state index is -0.838. The van der Waals surface area contributed by atoms with Gasteiger partial charge in [-0.3, -0.25) is 4.79 Å². The standard InChI is InChI=1S/C23H29NO5/c1-14(29-21(26)6-4-15-3-5-19(25)20(10-15)28-2)22(27)24-23-11-16-7-17(12-23)9-18(8-16)13-23/h3-6,10,14,16-18,25H,7-9,11-13H2,1-2H3,(H,24,27)/b6-4+/t14-,16?,17?,18?,23?/m0/s1. The molecule has 4 aliphatic carbocycles. The average molecular weight is 399 g/mol. The molecule has 0 saturated heterocycles. The molecule has 2 N–H and O–H groups in total. The molecule has 0 aliphatic heterocycles. The second kappa shape index (κ2) is 7.73. The second-order valence-electron chi connectivity index (χ2n) is 9.03. The van der Waals surface area contributed by atoms with Gasteiger partial charge in [-0.1, -0.05) is 6.07 Å². The summed E-state index contributed by atoms with van der Waals surface area (Å²) in [7, 11) is 1.46. The summed E-state index contributed by atoms with van der Waals surface area (Å²) in [6.45, 7) is 1.62. The fourth-order valence-electron chi connectivity index (χ4n) is 5.86. The van der Waals surface area contributed by atoms with Crippen molar-refractivity contribution in [3.05, 3.63) is 29.8 Å². The Morgan fingerprint density at radius 1 is 1.17 bits per heavy atom. The maximum Gasteiger partial charge on any atom is 0.331 e. The third-order valence-corrected chi connectivity index (χ3v) is 6.70. The lowest BCUT2D eigenvalue weighted by Crippen LogP contribution is -2.61. The van der Waals surface area contributed by atoms with Crippen LogP contribution in [0.5, 0.6) is 11.5 Å². The highest BCUT2D eigenvalue weighted by molar-refractivity contribution is 5.90. The number of rotatable bonds is 6. The van der Waals surface area contributed by atoms with E-state index in [1.54, 1.807) is 25.1 Å². The van der Waals surface area contributed by atoms with E-state index in [-0.39, 0.29) is 17.2 Å². The van der Waals surface area contributed by atoms with Crippen LogP contribution in [0.3, 0.4) is 0 Å². The van der Waals surface area contributed by atoms with Gasteiger partial charge in [0.2, 0.25) is 0 Å². The summed E-state index contributed by atoms with van der Waals surface area (Å²) in [5.41, 5.74) is 0.590. The molecule has 4 aliphatic rings. The number of benzene rings is 1. The Hall–Kier alpha value is -2.50. The normalized spacial score (nSPS) is 30.9. The molecule has 1 amide bonds. The van der Waals surface area contributed by atoms with Gasteiger partial charge in [-0.15, -0.1) is 0 Å². The molecule has 4 fully saturated rings. The number of aromatic hydroxyl groups is 1. The van der Waals surface area contributed by atoms with Crippen molar-refractivity contribution in [3.8, 4) is 11.5 Å². The summed E-state index contributed by atoms with van der Waals surface area (Å²) in [5, 5.41) is 12.9. The molecule has 1 aromatic rings. The molecule has 4 saturated carbocycles. The van der Waals surface area contributed by atoms with Crippen LogP contribution in [0.15, 0.2) is 24.3 Å². The summed E-state index contributed by atoms with van der Waals surface area (Å²) in [4.78, 5) is 24.8. The fourth-order valence-corrected chi connectivity index (χ4v) is 5.86. The van der Waals surface area contributed by atoms with Gasteiger partial charge in [-0.05, 0) is 87.0 Å². The Morgan fingerprint density at radius 2 is 1.79 bits per heavy atom. The Morgan fingerprint density at radius 3 is 2.38 bits per heavy atom. The Kier molecular flexibility index (Phi) is 5.28. The first-order valence-corrected chi connectivity index (χ1v) is 10.4. The van der Waals surface area contributed by atoms with Gasteiger partial charge in [0.05, 0.1) is 7.11 Å². The summed E-state index contributed by atoms with van der Waals surface area (Å²) in [6, 6.07) is 4.76. The van der Waals surface area contributed by atoms with Crippen LogP contribution in [0.1, 0.15) is 51.0 Å². The van der Waals surface area contributed by atoms with Crippen LogP contribution in [-0.4, -0.2) is 35.7 Å². The van der Waals surface area contributed by atoms with Crippen molar-refractivity contribution >= 4 is 18.0 Å². The second-order valence-corrected chi connectivity index (χ2v) is 9.03. The predicted molar refractivity (Wildman–Crippen MR) is 108 cm³/mol. The van der Waals surface area contributed by atoms with E-state index in [9.17, 15) is 14.7 Å². The van der Waals surface area contributed by atoms with E-state index < -0.39 is 12.1 Å². The molecule has 0 spiro atoms. The zero-order chi connectivity index (χ0) is 20.6. The highest BCUT2D eigenvalue weighted by Crippen LogP contribution is 2.55. The van der Waals surface area contributed by atoms with Crippen LogP contribution in [0, 0.1) is 17.8 Å². The SMILES string of the molecule is COc1cc(/C=C/C(=O)O[C@@H](C)C(=O)NC23CC4CC(CC(C4)C2)C3)ccc1O. The molecule has 29 heavy (non-hydrogen) atoms. The zero-order valence-corrected chi connectivity index (χ0v) is 17.0. The van der Waals surface area contributed by atoms with E-state index in [2.05, 4.69) is 5.32 Å². The largest absolute Gasteiger partial charge is 0.504 e. The number of amides is 1. The third-order valence-electron chi connectivity index (χ3n) is 6.70. The number of hydrogen-bond donors (Lipinski definition) is 2. The first-order chi connectivity index (χ1) is 13.9. The molecule has 0 heterocycles. The summed E-state index contributed by atoms with van der Waals surface area (Å²) < 4.78 is 10.4. The zero-order valence-electron chi connectivity index (χ0n) is 17.0. The quantitative estimate of drug-likeness (QED) is 0.565. The van der Waals surface area contributed by atoms with E-state index in [1.807, 2.05) is 0 Å². The Labute approximate surface area is 171 Å². The third kappa shape index (κ3) is 4.26. The fraction of sp³-hybridized carbons (Fsp3) is 0.565. The summed E-state index contributed by atoms with van der Waals surface area (Å²) >= 11 is 0. The minimum absolute atomic E-state index is 0.0298. The van der Waals surface area contributed by atoms with Crippen LogP contribution in [0.25, 0.3) is 6.08 Å². The van der Waals surface area contributed by atoms with Crippen LogP contribution in [-0.2, 0) is 14.3 Å². The van der Waals surface area contributed by atoms with Crippen molar-refractivity contribution in [3.63, 3.8) is 0 Å². The van der Waals surface area contributed by atoms with Gasteiger partial charge < -0.3 is 19.9 Å². The number of carbonyl (C=O) groups is 2. The first-order valence-electron chi connectivity index (χ1n) is 10.4. The van der Waals surface area contributed by atoms with E-state index in [4.69, 9.17) is 9.47 Å². The van der Waals surface area contributed by atoms with Crippen LogP contribution >= 0.6 is 0 Å². The smallest absolute Gasteiger partial charge is 0.331 e. The van der Waals surface area contributed by atoms with Gasteiger partial charge in [0.15, 0.2) is 17.6 Å². The molecule has 1 atom stereocenters. The van der Waals surface area contributed by atoms with Gasteiger partial charge in [-0.25, -0.2) is 4.79 Å². The highest BCUT2D eigenvalue weighted by atomic mass is 16.5. The number of carbonyl (C=O) groups excluding carboxylic acids is 2. The number of methoxy groups -OCH3 is 1. The summed E-state index contributed by atoms with van der Waals surface area (Å²) in [5.74, 6) is 1.79. The number of phenolic OH excluding ortho intramolecular Hbond substituents is 1. The topological polar surface area (TPSA) is 84.9 Å². The maximum atomic E-state index is 12.7. The molecular formula is C23H29NO5. The van der Waals surface area contributed by atoms with Crippen molar-refractivity contribution in [2.45, 2.75) is 57.1 Å². The van der Waals surface area contributed by atoms with E-state index in [0.717, 1.165) is 37.0 Å². The first kappa shape index (κ1) is 19.8. The van der Waals surface area contributed by atoms with Crippen LogP contribution in [0.4, 0.5) is 0 Å². The van der Waals surface area contributed by atoms with Crippen molar-refractivity contribution in [1.29, 1.82) is 0 Å². The highest BCUT2D eigenvalue weighted by Gasteiger charge is 2.51. The number of nitrogens with one attached hydrogen (secondary N) is 1. The Bertz CT molecular complexity index is 795. The van der Waals surface area contributed by atoms with Gasteiger partial charge in [0.1, 0.15) is 0 Å². The lowest BCUT2D eigenvalue weighted by molar-refractivity contribution is -0.152. The predicted octanol–water partition coefficient (Wildman–Crippen LogP) is 3.43. The maximum absolute atomic E-state index is 12.7. The molecule has 0 aromatic heterocycles. The van der Waals surface area contributed by atoms with E-state index >= 15 is 0 Å². The molecule has 156 valence electrons. The van der Waals surface area contributed by atoms with Gasteiger partial charge >= 0.3 is 5.97 Å². The molecule has 1 aromatic carbocycles. The molecule has 6 nitrogen and oxygen atoms in total. The van der Waals surface area contributed by atoms with Crippen LogP contribution < -0.4 is 10.1 Å². The molecule has 0 unspecified atom stereocenters. The van der Waals surface area contributed by atoms with E-state index in [1.165, 1.54) is 38.5 Å². The van der Waals surface area contributed by atoms with Crippen LogP contribution in [0.2, 0.25) is 0 Å². The van der Waals surface area contributed by atoms with Gasteiger partial charge in [-0.2, -0.15) is 0 Å². The van der Waals surface area contributed by atoms with Gasteiger partial charge in [0, 0.05) is 11.6 Å². The number of esters is 1. The summed E-state index contributed by atoms with van der Waals surface area (Å²) in [6.07, 6.45) is 9.13. The number of hydrogen-bond acceptors (Lipinski definition) is 5. The van der Waals surface area contributed by atoms with E-state index in [0.29, 0.717) is 11.3 Å². The molecule has 6 heteroatoms. The lowest BCUT2D eigenvalue weighted by atomic mass is 9.53. The molecule has 0 radical (unpaired) electrons. The lowest BCUT2D eigenvalue weighted by Gasteiger charge is -2.57. The molecular weight excluding hydrogens is 370 g/mol. The van der Waals surface area contributed by atoms with Crippen molar-refractivity contribution in [2.75, 3.05) is 7.11 Å². The average Bonchev–Trinajstić information content (AvgIpc) is 2.65. The Balaban J connectivity index is 1.32.